The zero-order valence-corrected chi connectivity index (χ0v) is 11.1. The summed E-state index contributed by atoms with van der Waals surface area (Å²) in [5.74, 6) is -2.01. The molecule has 0 aromatic carbocycles. The van der Waals surface area contributed by atoms with Crippen LogP contribution in [0.3, 0.4) is 0 Å². The molecule has 9 nitrogen and oxygen atoms in total. The topological polar surface area (TPSA) is 134 Å². The number of aliphatic hydroxyl groups excluding tert-OH is 1. The molecule has 1 aromatic rings. The van der Waals surface area contributed by atoms with E-state index in [1.165, 1.54) is 21.0 Å². The summed E-state index contributed by atoms with van der Waals surface area (Å²) >= 11 is 0. The van der Waals surface area contributed by atoms with Gasteiger partial charge in [-0.15, -0.1) is 0 Å². The quantitative estimate of drug-likeness (QED) is 0.550. The Balaban J connectivity index is 3.40. The fraction of sp³-hybridized carbons (Fsp3) is 0.455. The van der Waals surface area contributed by atoms with Crippen LogP contribution in [0.1, 0.15) is 12.5 Å². The summed E-state index contributed by atoms with van der Waals surface area (Å²) in [5.41, 5.74) is -1.87. The van der Waals surface area contributed by atoms with Gasteiger partial charge in [0.25, 0.3) is 5.56 Å². The van der Waals surface area contributed by atoms with Gasteiger partial charge in [-0.25, -0.2) is 9.59 Å². The number of aliphatic hydroxyl groups is 1. The number of carboxylic acids is 1. The van der Waals surface area contributed by atoms with E-state index in [1.54, 1.807) is 0 Å². The van der Waals surface area contributed by atoms with Crippen molar-refractivity contribution in [3.8, 4) is 5.88 Å². The van der Waals surface area contributed by atoms with Crippen molar-refractivity contribution in [1.29, 1.82) is 0 Å². The van der Waals surface area contributed by atoms with Crippen molar-refractivity contribution in [3.05, 3.63) is 26.4 Å². The van der Waals surface area contributed by atoms with Gasteiger partial charge >= 0.3 is 11.7 Å². The summed E-state index contributed by atoms with van der Waals surface area (Å²) in [6.07, 6.45) is -0.440. The molecule has 0 aliphatic carbocycles. The number of hydrogen-bond donors (Lipinski definition) is 3. The molecule has 1 rings (SSSR count). The Hall–Kier alpha value is -2.42. The van der Waals surface area contributed by atoms with Gasteiger partial charge in [0.2, 0.25) is 5.88 Å². The molecular weight excluding hydrogens is 270 g/mol. The lowest BCUT2D eigenvalue weighted by molar-refractivity contribution is -0.140. The number of nitrogens with zero attached hydrogens (tertiary/aromatic N) is 3. The van der Waals surface area contributed by atoms with E-state index in [0.29, 0.717) is 0 Å². The first-order valence-electron chi connectivity index (χ1n) is 5.61. The molecule has 2 atom stereocenters. The lowest BCUT2D eigenvalue weighted by Crippen LogP contribution is -2.39. The second-order valence-electron chi connectivity index (χ2n) is 4.24. The maximum Gasteiger partial charge on any atom is 0.333 e. The molecule has 3 N–H and O–H groups in total. The molecule has 0 saturated heterocycles. The fourth-order valence-electron chi connectivity index (χ4n) is 1.52. The first kappa shape index (κ1) is 15.6. The molecule has 1 heterocycles. The van der Waals surface area contributed by atoms with Crippen LogP contribution in [-0.2, 0) is 18.9 Å². The van der Waals surface area contributed by atoms with Crippen molar-refractivity contribution in [3.63, 3.8) is 0 Å². The summed E-state index contributed by atoms with van der Waals surface area (Å²) in [6.45, 7) is 1.23. The molecule has 1 aromatic heterocycles. The van der Waals surface area contributed by atoms with Crippen molar-refractivity contribution >= 4 is 12.2 Å². The second kappa shape index (κ2) is 5.70. The highest BCUT2D eigenvalue weighted by Crippen LogP contribution is 2.07. The number of aromatic hydroxyl groups is 1. The molecule has 0 unspecified atom stereocenters. The summed E-state index contributed by atoms with van der Waals surface area (Å²) in [6, 6.07) is -1.48. The van der Waals surface area contributed by atoms with Crippen LogP contribution in [0.4, 0.5) is 0 Å². The molecule has 9 heteroatoms. The monoisotopic (exact) mass is 285 g/mol. The lowest BCUT2D eigenvalue weighted by atomic mass is 10.2. The zero-order valence-electron chi connectivity index (χ0n) is 11.1. The van der Waals surface area contributed by atoms with Crippen LogP contribution < -0.4 is 11.2 Å². The van der Waals surface area contributed by atoms with Crippen molar-refractivity contribution in [2.75, 3.05) is 0 Å². The minimum Gasteiger partial charge on any atom is -0.494 e. The van der Waals surface area contributed by atoms with E-state index in [4.69, 9.17) is 5.11 Å². The molecular formula is C11H15N3O6. The van der Waals surface area contributed by atoms with Crippen LogP contribution in [-0.4, -0.2) is 48.8 Å². The highest BCUT2D eigenvalue weighted by atomic mass is 16.4. The molecule has 0 saturated carbocycles. The molecule has 20 heavy (non-hydrogen) atoms. The first-order chi connectivity index (χ1) is 9.18. The Bertz CT molecular complexity index is 670. The predicted molar refractivity (Wildman–Crippen MR) is 69.3 cm³/mol. The molecule has 0 spiro atoms. The van der Waals surface area contributed by atoms with Crippen molar-refractivity contribution < 1.29 is 20.1 Å². The molecule has 0 aliphatic rings. The third-order valence-corrected chi connectivity index (χ3v) is 2.74. The summed E-state index contributed by atoms with van der Waals surface area (Å²) in [5, 5.41) is 27.8. The lowest BCUT2D eigenvalue weighted by Gasteiger charge is -2.11. The highest BCUT2D eigenvalue weighted by molar-refractivity contribution is 5.85. The van der Waals surface area contributed by atoms with E-state index < -0.39 is 35.2 Å². The van der Waals surface area contributed by atoms with Gasteiger partial charge in [0, 0.05) is 20.3 Å². The smallest absolute Gasteiger partial charge is 0.333 e. The molecule has 0 fully saturated rings. The van der Waals surface area contributed by atoms with Crippen LogP contribution >= 0.6 is 0 Å². The van der Waals surface area contributed by atoms with Gasteiger partial charge in [0.1, 0.15) is 5.56 Å². The Morgan fingerprint density at radius 3 is 2.30 bits per heavy atom. The Kier molecular flexibility index (Phi) is 4.45. The van der Waals surface area contributed by atoms with E-state index in [0.717, 1.165) is 15.3 Å². The van der Waals surface area contributed by atoms with E-state index in [2.05, 4.69) is 4.99 Å². The van der Waals surface area contributed by atoms with Gasteiger partial charge in [0.05, 0.1) is 6.10 Å². The molecule has 0 amide bonds. The minimum absolute atomic E-state index is 0.332. The number of hydrogen-bond acceptors (Lipinski definition) is 6. The fourth-order valence-corrected chi connectivity index (χ4v) is 1.52. The maximum atomic E-state index is 11.8. The van der Waals surface area contributed by atoms with Crippen LogP contribution in [0.25, 0.3) is 0 Å². The van der Waals surface area contributed by atoms with Crippen LogP contribution in [0, 0.1) is 0 Å². The van der Waals surface area contributed by atoms with Crippen LogP contribution in [0.2, 0.25) is 0 Å². The average molecular weight is 285 g/mol. The number of aliphatic carboxylic acids is 1. The molecule has 0 aliphatic heterocycles. The molecule has 0 radical (unpaired) electrons. The third-order valence-electron chi connectivity index (χ3n) is 2.74. The van der Waals surface area contributed by atoms with Gasteiger partial charge in [-0.3, -0.25) is 18.9 Å². The van der Waals surface area contributed by atoms with Gasteiger partial charge < -0.3 is 15.3 Å². The zero-order chi connectivity index (χ0) is 15.6. The standard InChI is InChI=1S/C11H15N3O6/c1-5(15)7(10(18)19)12-4-6-8(16)13(2)11(20)14(3)9(6)17/h4-5,7,15-16H,1-3H3,(H,18,19)/t5-,7-/m0/s1. The third kappa shape index (κ3) is 2.77. The first-order valence-corrected chi connectivity index (χ1v) is 5.61. The normalized spacial score (nSPS) is 14.4. The number of rotatable bonds is 4. The summed E-state index contributed by atoms with van der Waals surface area (Å²) in [7, 11) is 2.46. The molecule has 110 valence electrons. The van der Waals surface area contributed by atoms with Gasteiger partial charge in [0.15, 0.2) is 6.04 Å². The second-order valence-corrected chi connectivity index (χ2v) is 4.24. The Morgan fingerprint density at radius 1 is 1.30 bits per heavy atom. The number of aromatic nitrogens is 2. The average Bonchev–Trinajstić information content (AvgIpc) is 2.37. The largest absolute Gasteiger partial charge is 0.494 e. The number of aliphatic imine (C=N–C) groups is 1. The van der Waals surface area contributed by atoms with Crippen LogP contribution in [0.5, 0.6) is 5.88 Å². The summed E-state index contributed by atoms with van der Waals surface area (Å²) in [4.78, 5) is 37.7. The van der Waals surface area contributed by atoms with Crippen molar-refractivity contribution in [2.24, 2.45) is 19.1 Å². The van der Waals surface area contributed by atoms with Crippen molar-refractivity contribution in [2.45, 2.75) is 19.1 Å². The maximum absolute atomic E-state index is 11.8. The van der Waals surface area contributed by atoms with E-state index >= 15 is 0 Å². The number of carboxylic acid groups (broad SMARTS) is 1. The Morgan fingerprint density at radius 2 is 1.85 bits per heavy atom. The van der Waals surface area contributed by atoms with E-state index in [9.17, 15) is 24.6 Å². The van der Waals surface area contributed by atoms with Gasteiger partial charge in [-0.1, -0.05) is 0 Å². The Labute approximate surface area is 113 Å². The predicted octanol–water partition coefficient (Wildman–Crippen LogP) is -1.96. The minimum atomic E-state index is -1.48. The van der Waals surface area contributed by atoms with Gasteiger partial charge in [-0.05, 0) is 6.92 Å². The van der Waals surface area contributed by atoms with E-state index in [1.807, 2.05) is 0 Å². The van der Waals surface area contributed by atoms with E-state index in [-0.39, 0.29) is 5.56 Å². The summed E-state index contributed by atoms with van der Waals surface area (Å²) < 4.78 is 1.57. The van der Waals surface area contributed by atoms with Crippen LogP contribution in [0.15, 0.2) is 14.6 Å². The van der Waals surface area contributed by atoms with Crippen molar-refractivity contribution in [1.82, 2.24) is 9.13 Å². The highest BCUT2D eigenvalue weighted by Gasteiger charge is 2.22. The van der Waals surface area contributed by atoms with Gasteiger partial charge in [-0.2, -0.15) is 0 Å². The molecule has 0 bridgehead atoms. The SMILES string of the molecule is C[C@H](O)[C@H](N=Cc1c(O)n(C)c(=O)n(C)c1=O)C(=O)O. The number of carbonyl (C=O) groups is 1.